The maximum atomic E-state index is 12.9. The Hall–Kier alpha value is -1.35. The van der Waals surface area contributed by atoms with Crippen LogP contribution in [0.5, 0.6) is 0 Å². The van der Waals surface area contributed by atoms with Crippen molar-refractivity contribution in [2.45, 2.75) is 39.8 Å². The van der Waals surface area contributed by atoms with Crippen LogP contribution in [0, 0.1) is 11.3 Å². The summed E-state index contributed by atoms with van der Waals surface area (Å²) in [5.74, 6) is 0.759. The molecule has 0 spiro atoms. The van der Waals surface area contributed by atoms with E-state index in [0.29, 0.717) is 11.8 Å². The molecule has 1 atom stereocenters. The van der Waals surface area contributed by atoms with Crippen LogP contribution >= 0.6 is 0 Å². The Morgan fingerprint density at radius 2 is 1.90 bits per heavy atom. The summed E-state index contributed by atoms with van der Waals surface area (Å²) >= 11 is 0. The molecule has 3 nitrogen and oxygen atoms in total. The van der Waals surface area contributed by atoms with Gasteiger partial charge in [0.1, 0.15) is 0 Å². The van der Waals surface area contributed by atoms with Crippen LogP contribution in [0.4, 0.5) is 0 Å². The lowest BCUT2D eigenvalue weighted by atomic mass is 9.74. The topological polar surface area (TPSA) is 32.3 Å². The molecular weight excluding hydrogens is 248 g/mol. The lowest BCUT2D eigenvalue weighted by Crippen LogP contribution is -2.47. The summed E-state index contributed by atoms with van der Waals surface area (Å²) in [4.78, 5) is 15.0. The third-order valence-electron chi connectivity index (χ3n) is 5.00. The zero-order chi connectivity index (χ0) is 14.2. The highest BCUT2D eigenvalue weighted by Gasteiger charge is 2.41. The van der Waals surface area contributed by atoms with Crippen LogP contribution in [0.1, 0.15) is 37.8 Å². The third-order valence-corrected chi connectivity index (χ3v) is 5.00. The van der Waals surface area contributed by atoms with Gasteiger partial charge in [-0.2, -0.15) is 0 Å². The molecule has 0 bridgehead atoms. The number of nitrogens with one attached hydrogen (secondary N) is 1. The van der Waals surface area contributed by atoms with Crippen molar-refractivity contribution in [1.29, 1.82) is 0 Å². The highest BCUT2D eigenvalue weighted by atomic mass is 16.2. The number of fused-ring (bicyclic) bond motifs is 1. The number of piperidine rings is 1. The van der Waals surface area contributed by atoms with Crippen molar-refractivity contribution in [2.24, 2.45) is 11.3 Å². The van der Waals surface area contributed by atoms with Crippen LogP contribution in [0.2, 0.25) is 0 Å². The standard InChI is InChI=1S/C17H24N2O/c1-17(2,15-8-5-9-18-10-15)16(20)19-11-13-6-3-4-7-14(13)12-19/h3-4,6-7,15,18H,5,8-12H2,1-2H3. The van der Waals surface area contributed by atoms with Gasteiger partial charge in [-0.25, -0.2) is 0 Å². The first kappa shape index (κ1) is 13.6. The van der Waals surface area contributed by atoms with Gasteiger partial charge in [-0.15, -0.1) is 0 Å². The van der Waals surface area contributed by atoms with Crippen LogP contribution in [-0.2, 0) is 17.9 Å². The molecule has 3 heteroatoms. The van der Waals surface area contributed by atoms with Gasteiger partial charge in [0.25, 0.3) is 0 Å². The van der Waals surface area contributed by atoms with E-state index in [1.807, 2.05) is 4.90 Å². The molecule has 3 rings (SSSR count). The van der Waals surface area contributed by atoms with Crippen LogP contribution in [0.15, 0.2) is 24.3 Å². The summed E-state index contributed by atoms with van der Waals surface area (Å²) in [6, 6.07) is 8.39. The number of hydrogen-bond acceptors (Lipinski definition) is 2. The van der Waals surface area contributed by atoms with E-state index in [1.54, 1.807) is 0 Å². The monoisotopic (exact) mass is 272 g/mol. The Kier molecular flexibility index (Phi) is 3.55. The molecule has 1 aromatic carbocycles. The van der Waals surface area contributed by atoms with Crippen LogP contribution in [-0.4, -0.2) is 23.9 Å². The van der Waals surface area contributed by atoms with Crippen molar-refractivity contribution in [3.8, 4) is 0 Å². The van der Waals surface area contributed by atoms with Crippen molar-refractivity contribution in [3.05, 3.63) is 35.4 Å². The van der Waals surface area contributed by atoms with E-state index in [4.69, 9.17) is 0 Å². The summed E-state index contributed by atoms with van der Waals surface area (Å²) in [7, 11) is 0. The molecular formula is C17H24N2O. The van der Waals surface area contributed by atoms with E-state index in [0.717, 1.165) is 32.6 Å². The number of rotatable bonds is 2. The maximum Gasteiger partial charge on any atom is 0.229 e. The van der Waals surface area contributed by atoms with Gasteiger partial charge in [0.2, 0.25) is 5.91 Å². The quantitative estimate of drug-likeness (QED) is 0.897. The second-order valence-corrected chi connectivity index (χ2v) is 6.69. The summed E-state index contributed by atoms with van der Waals surface area (Å²) in [6.07, 6.45) is 2.34. The molecule has 2 aliphatic heterocycles. The minimum absolute atomic E-state index is 0.268. The number of nitrogens with zero attached hydrogens (tertiary/aromatic N) is 1. The molecule has 1 saturated heterocycles. The number of benzene rings is 1. The molecule has 0 aromatic heterocycles. The molecule has 0 aliphatic carbocycles. The average Bonchev–Trinajstić information content (AvgIpc) is 2.91. The molecule has 2 aliphatic rings. The zero-order valence-electron chi connectivity index (χ0n) is 12.5. The molecule has 1 aromatic rings. The minimum Gasteiger partial charge on any atom is -0.334 e. The average molecular weight is 272 g/mol. The van der Waals surface area contributed by atoms with Gasteiger partial charge in [-0.3, -0.25) is 4.79 Å². The first-order chi connectivity index (χ1) is 9.59. The molecule has 108 valence electrons. The van der Waals surface area contributed by atoms with Crippen LogP contribution in [0.3, 0.4) is 0 Å². The molecule has 0 radical (unpaired) electrons. The zero-order valence-corrected chi connectivity index (χ0v) is 12.5. The van der Waals surface area contributed by atoms with Gasteiger partial charge in [0.15, 0.2) is 0 Å². The number of carbonyl (C=O) groups excluding carboxylic acids is 1. The summed E-state index contributed by atoms with van der Waals surface area (Å²) < 4.78 is 0. The van der Waals surface area contributed by atoms with Crippen molar-refractivity contribution in [1.82, 2.24) is 10.2 Å². The van der Waals surface area contributed by atoms with E-state index in [-0.39, 0.29) is 5.41 Å². The minimum atomic E-state index is -0.268. The molecule has 1 amide bonds. The van der Waals surface area contributed by atoms with Gasteiger partial charge < -0.3 is 10.2 Å². The Bertz CT molecular complexity index is 478. The van der Waals surface area contributed by atoms with Gasteiger partial charge in [-0.05, 0) is 43.0 Å². The van der Waals surface area contributed by atoms with Gasteiger partial charge in [0, 0.05) is 18.5 Å². The lowest BCUT2D eigenvalue weighted by Gasteiger charge is -2.38. The molecule has 1 N–H and O–H groups in total. The van der Waals surface area contributed by atoms with E-state index in [2.05, 4.69) is 43.4 Å². The predicted octanol–water partition coefficient (Wildman–Crippen LogP) is 2.55. The highest BCUT2D eigenvalue weighted by molar-refractivity contribution is 5.83. The Balaban J connectivity index is 1.73. The largest absolute Gasteiger partial charge is 0.334 e. The second-order valence-electron chi connectivity index (χ2n) is 6.69. The number of amides is 1. The molecule has 0 saturated carbocycles. The smallest absolute Gasteiger partial charge is 0.229 e. The predicted molar refractivity (Wildman–Crippen MR) is 80.1 cm³/mol. The maximum absolute atomic E-state index is 12.9. The van der Waals surface area contributed by atoms with Crippen molar-refractivity contribution >= 4 is 5.91 Å². The van der Waals surface area contributed by atoms with E-state index in [1.165, 1.54) is 17.5 Å². The molecule has 20 heavy (non-hydrogen) atoms. The fourth-order valence-corrected chi connectivity index (χ4v) is 3.53. The van der Waals surface area contributed by atoms with Gasteiger partial charge >= 0.3 is 0 Å². The summed E-state index contributed by atoms with van der Waals surface area (Å²) in [5, 5.41) is 3.43. The molecule has 1 fully saturated rings. The Morgan fingerprint density at radius 1 is 1.25 bits per heavy atom. The number of hydrogen-bond donors (Lipinski definition) is 1. The first-order valence-electron chi connectivity index (χ1n) is 7.66. The van der Waals surface area contributed by atoms with Gasteiger partial charge in [0.05, 0.1) is 0 Å². The SMILES string of the molecule is CC(C)(C(=O)N1Cc2ccccc2C1)C1CCCNC1. The Labute approximate surface area is 121 Å². The van der Waals surface area contributed by atoms with E-state index in [9.17, 15) is 4.79 Å². The van der Waals surface area contributed by atoms with Crippen molar-refractivity contribution in [3.63, 3.8) is 0 Å². The van der Waals surface area contributed by atoms with E-state index >= 15 is 0 Å². The van der Waals surface area contributed by atoms with Crippen LogP contribution < -0.4 is 5.32 Å². The normalized spacial score (nSPS) is 22.7. The molecule has 2 heterocycles. The summed E-state index contributed by atoms with van der Waals surface area (Å²) in [5.41, 5.74) is 2.34. The molecule has 1 unspecified atom stereocenters. The third kappa shape index (κ3) is 2.35. The summed E-state index contributed by atoms with van der Waals surface area (Å²) in [6.45, 7) is 7.86. The number of carbonyl (C=O) groups is 1. The van der Waals surface area contributed by atoms with Crippen LogP contribution in [0.25, 0.3) is 0 Å². The fraction of sp³-hybridized carbons (Fsp3) is 0.588. The van der Waals surface area contributed by atoms with Crippen molar-refractivity contribution in [2.75, 3.05) is 13.1 Å². The Morgan fingerprint density at radius 3 is 2.45 bits per heavy atom. The fourth-order valence-electron chi connectivity index (χ4n) is 3.53. The second kappa shape index (κ2) is 5.21. The van der Waals surface area contributed by atoms with Gasteiger partial charge in [-0.1, -0.05) is 38.1 Å². The highest BCUT2D eigenvalue weighted by Crippen LogP contribution is 2.36. The van der Waals surface area contributed by atoms with Crippen molar-refractivity contribution < 1.29 is 4.79 Å². The lowest BCUT2D eigenvalue weighted by molar-refractivity contribution is -0.144. The first-order valence-corrected chi connectivity index (χ1v) is 7.66. The van der Waals surface area contributed by atoms with E-state index < -0.39 is 0 Å².